The average Bonchev–Trinajstić information content (AvgIpc) is 2.15. The highest BCUT2D eigenvalue weighted by Crippen LogP contribution is 2.11. The molecule has 0 saturated carbocycles. The van der Waals surface area contributed by atoms with E-state index in [2.05, 4.69) is 40.2 Å². The lowest BCUT2D eigenvalue weighted by atomic mass is 10.1. The molecule has 0 bridgehead atoms. The van der Waals surface area contributed by atoms with Gasteiger partial charge in [0, 0.05) is 10.5 Å². The molecule has 14 heavy (non-hydrogen) atoms. The first kappa shape index (κ1) is 11.5. The Hall–Kier alpha value is -0.600. The number of rotatable bonds is 4. The normalized spacial score (nSPS) is 13.4. The standard InChI is InChI=1S/C12H16BrN/c1-10(14)4-2-3-5-11-6-8-12(13)9-7-11/h3,5-10H,2,4,14H2,1H3/b5-3+. The van der Waals surface area contributed by atoms with E-state index in [0.29, 0.717) is 6.04 Å². The molecule has 0 aliphatic rings. The monoisotopic (exact) mass is 253 g/mol. The molecule has 0 aliphatic heterocycles. The third kappa shape index (κ3) is 4.58. The van der Waals surface area contributed by atoms with Gasteiger partial charge >= 0.3 is 0 Å². The van der Waals surface area contributed by atoms with E-state index in [-0.39, 0.29) is 0 Å². The molecule has 1 atom stereocenters. The molecule has 1 aromatic rings. The van der Waals surface area contributed by atoms with Crippen LogP contribution in [0.4, 0.5) is 0 Å². The van der Waals surface area contributed by atoms with E-state index in [9.17, 15) is 0 Å². The van der Waals surface area contributed by atoms with E-state index in [1.54, 1.807) is 0 Å². The third-order valence-corrected chi connectivity index (χ3v) is 2.50. The number of hydrogen-bond acceptors (Lipinski definition) is 1. The van der Waals surface area contributed by atoms with Crippen LogP contribution in [0.1, 0.15) is 25.3 Å². The zero-order chi connectivity index (χ0) is 10.4. The first-order valence-electron chi connectivity index (χ1n) is 4.86. The van der Waals surface area contributed by atoms with Crippen molar-refractivity contribution in [1.82, 2.24) is 0 Å². The minimum atomic E-state index is 0.296. The molecular weight excluding hydrogens is 238 g/mol. The van der Waals surface area contributed by atoms with Crippen LogP contribution in [0, 0.1) is 0 Å². The van der Waals surface area contributed by atoms with Crippen molar-refractivity contribution < 1.29 is 0 Å². The summed E-state index contributed by atoms with van der Waals surface area (Å²) in [5.74, 6) is 0. The van der Waals surface area contributed by atoms with Crippen LogP contribution in [0.3, 0.4) is 0 Å². The van der Waals surface area contributed by atoms with E-state index in [4.69, 9.17) is 5.73 Å². The maximum absolute atomic E-state index is 5.65. The Balaban J connectivity index is 2.40. The van der Waals surface area contributed by atoms with E-state index >= 15 is 0 Å². The van der Waals surface area contributed by atoms with Crippen LogP contribution in [0.2, 0.25) is 0 Å². The van der Waals surface area contributed by atoms with Crippen molar-refractivity contribution in [2.24, 2.45) is 5.73 Å². The van der Waals surface area contributed by atoms with Crippen LogP contribution < -0.4 is 5.73 Å². The Morgan fingerprint density at radius 2 is 2.00 bits per heavy atom. The first-order valence-corrected chi connectivity index (χ1v) is 5.65. The van der Waals surface area contributed by atoms with Gasteiger partial charge < -0.3 is 5.73 Å². The van der Waals surface area contributed by atoms with Gasteiger partial charge in [0.2, 0.25) is 0 Å². The Morgan fingerprint density at radius 1 is 1.36 bits per heavy atom. The first-order chi connectivity index (χ1) is 6.68. The van der Waals surface area contributed by atoms with Crippen LogP contribution in [-0.2, 0) is 0 Å². The highest BCUT2D eigenvalue weighted by atomic mass is 79.9. The summed E-state index contributed by atoms with van der Waals surface area (Å²) in [5.41, 5.74) is 6.89. The molecule has 2 heteroatoms. The molecule has 0 radical (unpaired) electrons. The Labute approximate surface area is 94.1 Å². The summed E-state index contributed by atoms with van der Waals surface area (Å²) in [5, 5.41) is 0. The van der Waals surface area contributed by atoms with Gasteiger partial charge in [-0.3, -0.25) is 0 Å². The van der Waals surface area contributed by atoms with Gasteiger partial charge in [0.1, 0.15) is 0 Å². The molecule has 0 amide bonds. The fourth-order valence-electron chi connectivity index (χ4n) is 1.15. The largest absolute Gasteiger partial charge is 0.328 e. The summed E-state index contributed by atoms with van der Waals surface area (Å²) in [6.07, 6.45) is 6.40. The molecule has 1 aromatic carbocycles. The summed E-state index contributed by atoms with van der Waals surface area (Å²) in [6.45, 7) is 2.04. The Morgan fingerprint density at radius 3 is 2.57 bits per heavy atom. The van der Waals surface area contributed by atoms with Gasteiger partial charge in [0.05, 0.1) is 0 Å². The molecule has 0 aromatic heterocycles. The summed E-state index contributed by atoms with van der Waals surface area (Å²) in [7, 11) is 0. The van der Waals surface area contributed by atoms with Gasteiger partial charge in [-0.2, -0.15) is 0 Å². The van der Waals surface area contributed by atoms with Crippen LogP contribution >= 0.6 is 15.9 Å². The molecule has 0 spiro atoms. The lowest BCUT2D eigenvalue weighted by Gasteiger charge is -1.99. The predicted octanol–water partition coefficient (Wildman–Crippen LogP) is 3.59. The van der Waals surface area contributed by atoms with Gasteiger partial charge in [-0.25, -0.2) is 0 Å². The summed E-state index contributed by atoms with van der Waals surface area (Å²) in [4.78, 5) is 0. The van der Waals surface area contributed by atoms with Gasteiger partial charge in [0.25, 0.3) is 0 Å². The number of halogens is 1. The molecule has 0 aliphatic carbocycles. The molecule has 0 heterocycles. The molecule has 0 fully saturated rings. The third-order valence-electron chi connectivity index (χ3n) is 1.97. The molecule has 76 valence electrons. The van der Waals surface area contributed by atoms with Gasteiger partial charge in [-0.05, 0) is 37.5 Å². The highest BCUT2D eigenvalue weighted by molar-refractivity contribution is 9.10. The average molecular weight is 254 g/mol. The van der Waals surface area contributed by atoms with E-state index < -0.39 is 0 Å². The minimum Gasteiger partial charge on any atom is -0.328 e. The molecule has 1 unspecified atom stereocenters. The SMILES string of the molecule is CC(N)CC/C=C/c1ccc(Br)cc1. The molecule has 2 N–H and O–H groups in total. The van der Waals surface area contributed by atoms with E-state index in [1.165, 1.54) is 5.56 Å². The zero-order valence-electron chi connectivity index (χ0n) is 8.41. The van der Waals surface area contributed by atoms with Crippen molar-refractivity contribution in [3.63, 3.8) is 0 Å². The van der Waals surface area contributed by atoms with E-state index in [0.717, 1.165) is 17.3 Å². The zero-order valence-corrected chi connectivity index (χ0v) is 10.00. The van der Waals surface area contributed by atoms with E-state index in [1.807, 2.05) is 19.1 Å². The Bertz CT molecular complexity index is 288. The maximum Gasteiger partial charge on any atom is 0.0175 e. The second kappa shape index (κ2) is 5.99. The van der Waals surface area contributed by atoms with Crippen LogP contribution in [-0.4, -0.2) is 6.04 Å². The lowest BCUT2D eigenvalue weighted by Crippen LogP contribution is -2.13. The van der Waals surface area contributed by atoms with Crippen molar-refractivity contribution in [3.8, 4) is 0 Å². The van der Waals surface area contributed by atoms with Gasteiger partial charge in [-0.15, -0.1) is 0 Å². The second-order valence-electron chi connectivity index (χ2n) is 3.51. The smallest absolute Gasteiger partial charge is 0.0175 e. The van der Waals surface area contributed by atoms with Crippen LogP contribution in [0.15, 0.2) is 34.8 Å². The number of nitrogens with two attached hydrogens (primary N) is 1. The fourth-order valence-corrected chi connectivity index (χ4v) is 1.42. The molecule has 0 saturated heterocycles. The topological polar surface area (TPSA) is 26.0 Å². The van der Waals surface area contributed by atoms with Crippen molar-refractivity contribution in [3.05, 3.63) is 40.4 Å². The quantitative estimate of drug-likeness (QED) is 0.873. The van der Waals surface area contributed by atoms with Crippen molar-refractivity contribution in [1.29, 1.82) is 0 Å². The molecule has 1 nitrogen and oxygen atoms in total. The van der Waals surface area contributed by atoms with Crippen molar-refractivity contribution in [2.45, 2.75) is 25.8 Å². The Kier molecular flexibility index (Phi) is 4.91. The summed E-state index contributed by atoms with van der Waals surface area (Å²) >= 11 is 3.41. The second-order valence-corrected chi connectivity index (χ2v) is 4.42. The minimum absolute atomic E-state index is 0.296. The van der Waals surface area contributed by atoms with Crippen molar-refractivity contribution in [2.75, 3.05) is 0 Å². The maximum atomic E-state index is 5.65. The predicted molar refractivity (Wildman–Crippen MR) is 66.1 cm³/mol. The number of benzene rings is 1. The summed E-state index contributed by atoms with van der Waals surface area (Å²) in [6, 6.07) is 8.57. The molecule has 1 rings (SSSR count). The van der Waals surface area contributed by atoms with Crippen LogP contribution in [0.25, 0.3) is 6.08 Å². The number of hydrogen-bond donors (Lipinski definition) is 1. The lowest BCUT2D eigenvalue weighted by molar-refractivity contribution is 0.677. The summed E-state index contributed by atoms with van der Waals surface area (Å²) < 4.78 is 1.12. The van der Waals surface area contributed by atoms with Crippen molar-refractivity contribution >= 4 is 22.0 Å². The fraction of sp³-hybridized carbons (Fsp3) is 0.333. The van der Waals surface area contributed by atoms with Gasteiger partial charge in [-0.1, -0.05) is 40.2 Å². The highest BCUT2D eigenvalue weighted by Gasteiger charge is 1.90. The molecular formula is C12H16BrN. The van der Waals surface area contributed by atoms with Crippen LogP contribution in [0.5, 0.6) is 0 Å². The number of allylic oxidation sites excluding steroid dienone is 1. The van der Waals surface area contributed by atoms with Gasteiger partial charge in [0.15, 0.2) is 0 Å².